The molecule has 0 aromatic heterocycles. The minimum absolute atomic E-state index is 0.190. The van der Waals surface area contributed by atoms with Gasteiger partial charge < -0.3 is 10.2 Å². The quantitative estimate of drug-likeness (QED) is 0.827. The van der Waals surface area contributed by atoms with Gasteiger partial charge in [-0.05, 0) is 45.2 Å². The van der Waals surface area contributed by atoms with Crippen LogP contribution >= 0.6 is 0 Å². The van der Waals surface area contributed by atoms with Crippen LogP contribution in [0.25, 0.3) is 0 Å². The van der Waals surface area contributed by atoms with Crippen LogP contribution in [0.2, 0.25) is 0 Å². The molecule has 1 saturated carbocycles. The monoisotopic (exact) mass is 258 g/mol. The van der Waals surface area contributed by atoms with Gasteiger partial charge in [-0.25, -0.2) is 0 Å². The molecule has 3 rings (SSSR count). The van der Waals surface area contributed by atoms with E-state index in [4.69, 9.17) is 0 Å². The Morgan fingerprint density at radius 2 is 1.95 bits per heavy atom. The first-order chi connectivity index (χ1) is 9.05. The van der Waals surface area contributed by atoms with E-state index in [1.165, 1.54) is 42.5 Å². The Morgan fingerprint density at radius 3 is 2.68 bits per heavy atom. The van der Waals surface area contributed by atoms with E-state index in [1.807, 2.05) is 0 Å². The van der Waals surface area contributed by atoms with Gasteiger partial charge in [-0.3, -0.25) is 0 Å². The van der Waals surface area contributed by atoms with Gasteiger partial charge >= 0.3 is 0 Å². The number of hydrogen-bond acceptors (Lipinski definition) is 2. The van der Waals surface area contributed by atoms with Crippen LogP contribution in [0.5, 0.6) is 0 Å². The van der Waals surface area contributed by atoms with Gasteiger partial charge in [-0.15, -0.1) is 0 Å². The summed E-state index contributed by atoms with van der Waals surface area (Å²) in [6.45, 7) is 8.96. The third kappa shape index (κ3) is 2.64. The molecule has 104 valence electrons. The number of aryl methyl sites for hydroxylation is 1. The van der Waals surface area contributed by atoms with Gasteiger partial charge in [0.05, 0.1) is 0 Å². The third-order valence-electron chi connectivity index (χ3n) is 4.63. The summed E-state index contributed by atoms with van der Waals surface area (Å²) in [7, 11) is 0. The summed E-state index contributed by atoms with van der Waals surface area (Å²) in [5.41, 5.74) is 4.50. The van der Waals surface area contributed by atoms with Crippen LogP contribution < -0.4 is 10.2 Å². The lowest BCUT2D eigenvalue weighted by molar-refractivity contribution is 0.383. The standard InChI is InChI=1S/C17H26N2/c1-13-8-9-16-14(10-13)11-18-17(2,3)12-19(16)15-6-4-5-7-15/h8-10,15,18H,4-7,11-12H2,1-3H3. The van der Waals surface area contributed by atoms with Crippen LogP contribution in [-0.4, -0.2) is 18.1 Å². The Labute approximate surface area is 117 Å². The Hall–Kier alpha value is -1.02. The summed E-state index contributed by atoms with van der Waals surface area (Å²) in [6, 6.07) is 7.71. The van der Waals surface area contributed by atoms with Crippen molar-refractivity contribution in [3.8, 4) is 0 Å². The second kappa shape index (κ2) is 4.82. The Bertz CT molecular complexity index is 458. The van der Waals surface area contributed by atoms with Crippen molar-refractivity contribution in [1.82, 2.24) is 5.32 Å². The molecule has 0 unspecified atom stereocenters. The zero-order valence-electron chi connectivity index (χ0n) is 12.5. The van der Waals surface area contributed by atoms with Gasteiger partial charge in [-0.1, -0.05) is 30.5 Å². The summed E-state index contributed by atoms with van der Waals surface area (Å²) in [5, 5.41) is 3.72. The molecule has 0 amide bonds. The van der Waals surface area contributed by atoms with Crippen molar-refractivity contribution in [1.29, 1.82) is 0 Å². The van der Waals surface area contributed by atoms with E-state index in [2.05, 4.69) is 49.2 Å². The fraction of sp³-hybridized carbons (Fsp3) is 0.647. The van der Waals surface area contributed by atoms with Gasteiger partial charge in [0.1, 0.15) is 0 Å². The molecule has 1 aliphatic heterocycles. The number of nitrogens with one attached hydrogen (secondary N) is 1. The number of rotatable bonds is 1. The molecule has 1 N–H and O–H groups in total. The Morgan fingerprint density at radius 1 is 1.21 bits per heavy atom. The molecule has 1 aromatic rings. The number of fused-ring (bicyclic) bond motifs is 1. The predicted octanol–water partition coefficient (Wildman–Crippen LogP) is 3.63. The smallest absolute Gasteiger partial charge is 0.0415 e. The van der Waals surface area contributed by atoms with Crippen LogP contribution in [0.15, 0.2) is 18.2 Å². The van der Waals surface area contributed by atoms with E-state index in [0.717, 1.165) is 19.1 Å². The minimum Gasteiger partial charge on any atom is -0.366 e. The predicted molar refractivity (Wildman–Crippen MR) is 81.7 cm³/mol. The topological polar surface area (TPSA) is 15.3 Å². The first kappa shape index (κ1) is 13.0. The molecule has 1 aromatic carbocycles. The lowest BCUT2D eigenvalue weighted by Crippen LogP contribution is -2.49. The largest absolute Gasteiger partial charge is 0.366 e. The van der Waals surface area contributed by atoms with Gasteiger partial charge in [-0.2, -0.15) is 0 Å². The van der Waals surface area contributed by atoms with Crippen molar-refractivity contribution in [2.24, 2.45) is 0 Å². The summed E-state index contributed by atoms with van der Waals surface area (Å²) in [6.07, 6.45) is 5.53. The normalized spacial score (nSPS) is 23.2. The van der Waals surface area contributed by atoms with Crippen LogP contribution in [0.4, 0.5) is 5.69 Å². The third-order valence-corrected chi connectivity index (χ3v) is 4.63. The molecule has 1 aliphatic carbocycles. The second-order valence-corrected chi connectivity index (χ2v) is 6.94. The van der Waals surface area contributed by atoms with E-state index < -0.39 is 0 Å². The summed E-state index contributed by atoms with van der Waals surface area (Å²) in [5.74, 6) is 0. The first-order valence-corrected chi connectivity index (χ1v) is 7.66. The van der Waals surface area contributed by atoms with E-state index in [-0.39, 0.29) is 5.54 Å². The number of anilines is 1. The molecule has 0 saturated heterocycles. The fourth-order valence-electron chi connectivity index (χ4n) is 3.58. The second-order valence-electron chi connectivity index (χ2n) is 6.94. The molecule has 2 heteroatoms. The maximum absolute atomic E-state index is 3.72. The lowest BCUT2D eigenvalue weighted by Gasteiger charge is -2.36. The first-order valence-electron chi connectivity index (χ1n) is 7.66. The van der Waals surface area contributed by atoms with Crippen molar-refractivity contribution in [2.45, 2.75) is 64.6 Å². The van der Waals surface area contributed by atoms with Crippen LogP contribution in [0.3, 0.4) is 0 Å². The van der Waals surface area contributed by atoms with Crippen LogP contribution in [-0.2, 0) is 6.54 Å². The molecule has 2 nitrogen and oxygen atoms in total. The van der Waals surface area contributed by atoms with Crippen molar-refractivity contribution >= 4 is 5.69 Å². The van der Waals surface area contributed by atoms with Crippen molar-refractivity contribution in [3.63, 3.8) is 0 Å². The highest BCUT2D eigenvalue weighted by atomic mass is 15.2. The average molecular weight is 258 g/mol. The van der Waals surface area contributed by atoms with Gasteiger partial charge in [0.15, 0.2) is 0 Å². The minimum atomic E-state index is 0.190. The highest BCUT2D eigenvalue weighted by Gasteiger charge is 2.32. The highest BCUT2D eigenvalue weighted by molar-refractivity contribution is 5.57. The van der Waals surface area contributed by atoms with E-state index in [1.54, 1.807) is 0 Å². The summed E-state index contributed by atoms with van der Waals surface area (Å²) >= 11 is 0. The maximum atomic E-state index is 3.72. The molecular weight excluding hydrogens is 232 g/mol. The van der Waals surface area contributed by atoms with Crippen LogP contribution in [0.1, 0.15) is 50.7 Å². The molecule has 2 aliphatic rings. The molecular formula is C17H26N2. The molecule has 1 fully saturated rings. The zero-order valence-corrected chi connectivity index (χ0v) is 12.5. The van der Waals surface area contributed by atoms with Crippen molar-refractivity contribution in [3.05, 3.63) is 29.3 Å². The van der Waals surface area contributed by atoms with Gasteiger partial charge in [0, 0.05) is 30.4 Å². The maximum Gasteiger partial charge on any atom is 0.0415 e. The molecule has 0 radical (unpaired) electrons. The summed E-state index contributed by atoms with van der Waals surface area (Å²) < 4.78 is 0. The van der Waals surface area contributed by atoms with E-state index in [9.17, 15) is 0 Å². The Kier molecular flexibility index (Phi) is 3.30. The van der Waals surface area contributed by atoms with Crippen molar-refractivity contribution < 1.29 is 0 Å². The van der Waals surface area contributed by atoms with E-state index in [0.29, 0.717) is 0 Å². The number of nitrogens with zero attached hydrogens (tertiary/aromatic N) is 1. The van der Waals surface area contributed by atoms with Gasteiger partial charge in [0.2, 0.25) is 0 Å². The molecule has 0 bridgehead atoms. The lowest BCUT2D eigenvalue weighted by atomic mass is 10.0. The average Bonchev–Trinajstić information content (AvgIpc) is 2.84. The van der Waals surface area contributed by atoms with E-state index >= 15 is 0 Å². The Balaban J connectivity index is 1.99. The zero-order chi connectivity index (χ0) is 13.5. The SMILES string of the molecule is Cc1ccc2c(c1)CNC(C)(C)CN2C1CCCC1. The number of benzene rings is 1. The van der Waals surface area contributed by atoms with Crippen LogP contribution in [0, 0.1) is 6.92 Å². The molecule has 1 heterocycles. The molecule has 0 atom stereocenters. The highest BCUT2D eigenvalue weighted by Crippen LogP contribution is 2.34. The van der Waals surface area contributed by atoms with Gasteiger partial charge in [0.25, 0.3) is 0 Å². The van der Waals surface area contributed by atoms with Crippen molar-refractivity contribution in [2.75, 3.05) is 11.4 Å². The fourth-order valence-corrected chi connectivity index (χ4v) is 3.58. The summed E-state index contributed by atoms with van der Waals surface area (Å²) in [4.78, 5) is 2.68. The molecule has 19 heavy (non-hydrogen) atoms. The number of hydrogen-bond donors (Lipinski definition) is 1. The molecule has 0 spiro atoms.